The fraction of sp³-hybridized carbons (Fsp3) is 0.653. The Hall–Kier alpha value is -5.38. The molecule has 18 unspecified atom stereocenters. The SMILES string of the molecule is CC(C)(C)C(=O)C1CC2(C)C(=CCC3C4CCC(=O)C4(C)CCC32)CC1=O.CC12CCC3C(CC=C4CC(=O)C(C(=O)c5ccccc5)CC43C)C1CCC2=O.CC12CCC3C(CC=C4CC(=O)C(C(=O)c5ccncc5)CC43C)C1CCC2=O. The molecule has 9 fully saturated rings. The molecular weight excluding hydrogens is 1060 g/mol. The summed E-state index contributed by atoms with van der Waals surface area (Å²) in [6, 6.07) is 12.7. The van der Waals surface area contributed by atoms with E-state index in [-0.39, 0.29) is 67.2 Å². The topological polar surface area (TPSA) is 167 Å². The quantitative estimate of drug-likeness (QED) is 0.160. The average molecular weight is 1150 g/mol. The molecule has 0 N–H and O–H groups in total. The molecule has 0 spiro atoms. The van der Waals surface area contributed by atoms with E-state index in [2.05, 4.69) is 64.8 Å². The molecule has 9 saturated carbocycles. The van der Waals surface area contributed by atoms with E-state index in [9.17, 15) is 43.2 Å². The van der Waals surface area contributed by atoms with Crippen LogP contribution in [0.3, 0.4) is 0 Å². The maximum Gasteiger partial charge on any atom is 0.173 e. The molecule has 1 aromatic carbocycles. The Bertz CT molecular complexity index is 3100. The van der Waals surface area contributed by atoms with Gasteiger partial charge in [0.15, 0.2) is 11.6 Å². The van der Waals surface area contributed by atoms with E-state index in [0.717, 1.165) is 96.3 Å². The third kappa shape index (κ3) is 9.57. The lowest BCUT2D eigenvalue weighted by atomic mass is 9.47. The molecule has 0 saturated heterocycles. The lowest BCUT2D eigenvalue weighted by Crippen LogP contribution is -2.52. The first-order chi connectivity index (χ1) is 40.2. The summed E-state index contributed by atoms with van der Waals surface area (Å²) in [4.78, 5) is 120. The second-order valence-corrected chi connectivity index (χ2v) is 31.7. The highest BCUT2D eigenvalue weighted by molar-refractivity contribution is 6.13. The van der Waals surface area contributed by atoms with Crippen LogP contribution in [-0.4, -0.2) is 57.0 Å². The Morgan fingerprint density at radius 3 is 1.09 bits per heavy atom. The molecule has 85 heavy (non-hydrogen) atoms. The molecule has 12 aliphatic rings. The first kappa shape index (κ1) is 59.9. The minimum Gasteiger partial charge on any atom is -0.299 e. The van der Waals surface area contributed by atoms with Crippen molar-refractivity contribution >= 4 is 52.0 Å². The van der Waals surface area contributed by atoms with Gasteiger partial charge >= 0.3 is 0 Å². The monoisotopic (exact) mass is 1150 g/mol. The highest BCUT2D eigenvalue weighted by Crippen LogP contribution is 2.68. The Kier molecular flexibility index (Phi) is 15.1. The van der Waals surface area contributed by atoms with Gasteiger partial charge in [-0.2, -0.15) is 0 Å². The molecule has 0 bridgehead atoms. The van der Waals surface area contributed by atoms with Crippen LogP contribution in [0, 0.1) is 109 Å². The molecule has 10 heteroatoms. The average Bonchev–Trinajstić information content (AvgIpc) is 1.75. The molecule has 12 aliphatic carbocycles. The van der Waals surface area contributed by atoms with Gasteiger partial charge in [0.2, 0.25) is 0 Å². The van der Waals surface area contributed by atoms with Gasteiger partial charge in [-0.25, -0.2) is 0 Å². The third-order valence-electron chi connectivity index (χ3n) is 26.9. The van der Waals surface area contributed by atoms with Crippen molar-refractivity contribution in [2.24, 2.45) is 109 Å². The van der Waals surface area contributed by atoms with E-state index in [0.29, 0.717) is 120 Å². The fourth-order valence-electron chi connectivity index (χ4n) is 21.8. The first-order valence-corrected chi connectivity index (χ1v) is 33.0. The summed E-state index contributed by atoms with van der Waals surface area (Å²) in [5.41, 5.74) is 3.83. The number of allylic oxidation sites excluding steroid dienone is 6. The predicted octanol–water partition coefficient (Wildman–Crippen LogP) is 14.7. The van der Waals surface area contributed by atoms with Crippen LogP contribution in [-0.2, 0) is 33.6 Å². The summed E-state index contributed by atoms with van der Waals surface area (Å²) in [5, 5.41) is 0. The summed E-state index contributed by atoms with van der Waals surface area (Å²) < 4.78 is 0. The van der Waals surface area contributed by atoms with Crippen LogP contribution in [0.15, 0.2) is 89.8 Å². The lowest BCUT2D eigenvalue weighted by molar-refractivity contribution is -0.143. The molecule has 0 radical (unpaired) electrons. The van der Waals surface area contributed by atoms with E-state index >= 15 is 0 Å². The number of pyridine rings is 1. The number of hydrogen-bond donors (Lipinski definition) is 0. The zero-order chi connectivity index (χ0) is 60.6. The number of aromatic nitrogens is 1. The summed E-state index contributed by atoms with van der Waals surface area (Å²) in [5.74, 6) is 4.49. The van der Waals surface area contributed by atoms with Crippen molar-refractivity contribution in [3.8, 4) is 0 Å². The van der Waals surface area contributed by atoms with Gasteiger partial charge in [0.05, 0.1) is 17.8 Å². The Morgan fingerprint density at radius 2 is 0.741 bits per heavy atom. The van der Waals surface area contributed by atoms with Gasteiger partial charge < -0.3 is 0 Å². The van der Waals surface area contributed by atoms with Gasteiger partial charge in [0, 0.05) is 83.7 Å². The summed E-state index contributed by atoms with van der Waals surface area (Å²) in [6.45, 7) is 19.2. The third-order valence-corrected chi connectivity index (χ3v) is 26.9. The highest BCUT2D eigenvalue weighted by Gasteiger charge is 2.64. The Labute approximate surface area is 504 Å². The number of hydrogen-bond acceptors (Lipinski definition) is 10. The van der Waals surface area contributed by atoms with Crippen molar-refractivity contribution in [3.63, 3.8) is 0 Å². The summed E-state index contributed by atoms with van der Waals surface area (Å²) in [6.07, 6.45) is 27.6. The Morgan fingerprint density at radius 1 is 0.424 bits per heavy atom. The standard InChI is InChI=1S/C26H30O3.C25H29NO3.C24H34O3/c1-25-13-12-21-18(20(25)10-11-23(25)28)9-8-17-14-22(27)19(15-26(17,21)2)24(29)16-6-4-3-5-7-16;1-24-10-7-20-17(19(24)5-6-22(24)28)4-3-16-13-21(27)18(14-25(16,20)2)23(29)15-8-11-26-12-9-15;1-22(2,3)21(27)16-13-24(5)14(12-19(16)25)6-7-15-17-8-9-20(26)23(17,4)11-10-18(15)24/h3-8,18-21H,9-15H2,1-2H3;3,8-9,11-12,17-20H,4-7,10,13-14H2,1-2H3;6,15-18H,7-13H2,1-5H3. The molecule has 2 aromatic rings. The molecule has 1 heterocycles. The van der Waals surface area contributed by atoms with Crippen molar-refractivity contribution < 1.29 is 43.2 Å². The van der Waals surface area contributed by atoms with Gasteiger partial charge in [-0.3, -0.25) is 48.1 Å². The minimum absolute atomic E-state index is 0.0188. The largest absolute Gasteiger partial charge is 0.299 e. The van der Waals surface area contributed by atoms with Crippen molar-refractivity contribution in [1.29, 1.82) is 0 Å². The summed E-state index contributed by atoms with van der Waals surface area (Å²) >= 11 is 0. The van der Waals surface area contributed by atoms with Crippen molar-refractivity contribution in [1.82, 2.24) is 4.98 Å². The lowest BCUT2D eigenvalue weighted by Gasteiger charge is -2.57. The van der Waals surface area contributed by atoms with Gasteiger partial charge in [-0.1, -0.05) is 128 Å². The molecule has 10 nitrogen and oxygen atoms in total. The maximum absolute atomic E-state index is 13.2. The highest BCUT2D eigenvalue weighted by atomic mass is 16.2. The second-order valence-electron chi connectivity index (χ2n) is 31.7. The number of benzene rings is 1. The molecule has 14 rings (SSSR count). The van der Waals surface area contributed by atoms with E-state index in [1.807, 2.05) is 51.1 Å². The predicted molar refractivity (Wildman–Crippen MR) is 326 cm³/mol. The van der Waals surface area contributed by atoms with Gasteiger partial charge in [-0.15, -0.1) is 0 Å². The van der Waals surface area contributed by atoms with Crippen LogP contribution in [0.25, 0.3) is 0 Å². The number of fused-ring (bicyclic) bond motifs is 15. The molecule has 0 amide bonds. The van der Waals surface area contributed by atoms with Gasteiger partial charge in [0.25, 0.3) is 0 Å². The molecule has 0 aliphatic heterocycles. The summed E-state index contributed by atoms with van der Waals surface area (Å²) in [7, 11) is 0. The van der Waals surface area contributed by atoms with Gasteiger partial charge in [0.1, 0.15) is 40.5 Å². The van der Waals surface area contributed by atoms with Crippen LogP contribution >= 0.6 is 0 Å². The van der Waals surface area contributed by atoms with Crippen molar-refractivity contribution in [3.05, 3.63) is 101 Å². The molecule has 18 atom stereocenters. The maximum atomic E-state index is 13.2. The van der Waals surface area contributed by atoms with E-state index in [1.54, 1.807) is 24.5 Å². The molecular formula is C75H93NO9. The Balaban J connectivity index is 0.000000125. The fourth-order valence-corrected chi connectivity index (χ4v) is 21.8. The number of ketones is 9. The van der Waals surface area contributed by atoms with Crippen molar-refractivity contribution in [2.45, 2.75) is 197 Å². The van der Waals surface area contributed by atoms with E-state index in [1.165, 1.54) is 16.7 Å². The van der Waals surface area contributed by atoms with Crippen LogP contribution in [0.2, 0.25) is 0 Å². The van der Waals surface area contributed by atoms with Crippen LogP contribution in [0.1, 0.15) is 218 Å². The number of Topliss-reactive ketones (excluding diaryl/α,β-unsaturated/α-hetero) is 9. The smallest absolute Gasteiger partial charge is 0.173 e. The molecule has 452 valence electrons. The van der Waals surface area contributed by atoms with Gasteiger partial charge in [-0.05, 0) is 178 Å². The van der Waals surface area contributed by atoms with Crippen LogP contribution < -0.4 is 0 Å². The minimum atomic E-state index is -0.558. The van der Waals surface area contributed by atoms with Crippen LogP contribution in [0.5, 0.6) is 0 Å². The van der Waals surface area contributed by atoms with E-state index < -0.39 is 23.2 Å². The number of carbonyl (C=O) groups excluding carboxylic acids is 9. The number of rotatable bonds is 5. The zero-order valence-electron chi connectivity index (χ0n) is 52.3. The number of nitrogens with zero attached hydrogens (tertiary/aromatic N) is 1. The normalized spacial score (nSPS) is 42.2. The zero-order valence-corrected chi connectivity index (χ0v) is 52.3. The van der Waals surface area contributed by atoms with E-state index in [4.69, 9.17) is 0 Å². The van der Waals surface area contributed by atoms with Crippen LogP contribution in [0.4, 0.5) is 0 Å². The second kappa shape index (κ2) is 21.4. The molecule has 1 aromatic heterocycles. The van der Waals surface area contributed by atoms with Crippen molar-refractivity contribution in [2.75, 3.05) is 0 Å². The number of carbonyl (C=O) groups is 9. The first-order valence-electron chi connectivity index (χ1n) is 33.0.